The van der Waals surface area contributed by atoms with E-state index in [2.05, 4.69) is 6.58 Å². The summed E-state index contributed by atoms with van der Waals surface area (Å²) in [4.78, 5) is 10.8. The molecule has 0 aromatic heterocycles. The van der Waals surface area contributed by atoms with E-state index >= 15 is 0 Å². The monoisotopic (exact) mass is 302 g/mol. The fourth-order valence-electron chi connectivity index (χ4n) is 2.05. The first kappa shape index (κ1) is 16.0. The normalized spacial score (nSPS) is 13.8. The molecule has 0 amide bonds. The first-order chi connectivity index (χ1) is 8.95. The van der Waals surface area contributed by atoms with Crippen molar-refractivity contribution in [2.75, 3.05) is 6.61 Å². The Morgan fingerprint density at radius 3 is 2.53 bits per heavy atom. The van der Waals surface area contributed by atoms with Crippen molar-refractivity contribution in [2.45, 2.75) is 24.7 Å². The van der Waals surface area contributed by atoms with E-state index in [9.17, 15) is 9.90 Å². The topological polar surface area (TPSA) is 57.5 Å². The van der Waals surface area contributed by atoms with Crippen LogP contribution in [-0.2, 0) is 10.2 Å². The molecule has 0 spiro atoms. The van der Waals surface area contributed by atoms with Gasteiger partial charge >= 0.3 is 5.97 Å². The Balaban J connectivity index is 3.16. The summed E-state index contributed by atoms with van der Waals surface area (Å²) < 4.78 is 0. The van der Waals surface area contributed by atoms with E-state index in [1.165, 1.54) is 0 Å². The molecular formula is C14H16Cl2O3. The molecule has 0 radical (unpaired) electrons. The summed E-state index contributed by atoms with van der Waals surface area (Å²) in [5, 5.41) is 19.4. The third kappa shape index (κ3) is 3.96. The molecule has 0 fully saturated rings. The maximum absolute atomic E-state index is 10.8. The highest BCUT2D eigenvalue weighted by Gasteiger charge is 2.31. The molecule has 1 rings (SSSR count). The molecule has 0 heterocycles. The van der Waals surface area contributed by atoms with E-state index in [0.717, 1.165) is 5.56 Å². The summed E-state index contributed by atoms with van der Waals surface area (Å²) in [7, 11) is 0. The molecule has 1 aromatic rings. The zero-order valence-electron chi connectivity index (χ0n) is 10.4. The smallest absolute Gasteiger partial charge is 0.303 e. The Kier molecular flexibility index (Phi) is 5.85. The molecule has 0 saturated heterocycles. The van der Waals surface area contributed by atoms with Gasteiger partial charge in [-0.2, -0.15) is 0 Å². The largest absolute Gasteiger partial charge is 0.481 e. The Labute approximate surface area is 122 Å². The van der Waals surface area contributed by atoms with E-state index in [1.54, 1.807) is 24.3 Å². The Hall–Kier alpha value is -1.03. The van der Waals surface area contributed by atoms with Crippen LogP contribution in [0.5, 0.6) is 0 Å². The molecule has 5 heteroatoms. The Morgan fingerprint density at radius 2 is 2.05 bits per heavy atom. The first-order valence-corrected chi connectivity index (χ1v) is 6.60. The number of carboxylic acid groups (broad SMARTS) is 1. The standard InChI is InChI=1S/C14H16Cl2O3/c1-2-6-14(9-17,7-5-13(18)19)10-3-4-11(15)12(16)8-10/h2-4,8,17H,1,5-7,9H2,(H,18,19)/t14-/m0/s1. The van der Waals surface area contributed by atoms with Gasteiger partial charge in [-0.3, -0.25) is 4.79 Å². The van der Waals surface area contributed by atoms with Gasteiger partial charge in [-0.05, 0) is 30.5 Å². The molecular weight excluding hydrogens is 287 g/mol. The van der Waals surface area contributed by atoms with Crippen molar-refractivity contribution in [3.05, 3.63) is 46.5 Å². The molecule has 1 aromatic carbocycles. The van der Waals surface area contributed by atoms with Crippen molar-refractivity contribution >= 4 is 29.2 Å². The fraction of sp³-hybridized carbons (Fsp3) is 0.357. The lowest BCUT2D eigenvalue weighted by Gasteiger charge is -2.31. The van der Waals surface area contributed by atoms with Gasteiger partial charge < -0.3 is 10.2 Å². The number of hydrogen-bond donors (Lipinski definition) is 2. The second-order valence-corrected chi connectivity index (χ2v) is 5.27. The van der Waals surface area contributed by atoms with Crippen molar-refractivity contribution in [2.24, 2.45) is 0 Å². The molecule has 0 aliphatic carbocycles. The van der Waals surface area contributed by atoms with Crippen molar-refractivity contribution in [1.29, 1.82) is 0 Å². The second-order valence-electron chi connectivity index (χ2n) is 4.45. The van der Waals surface area contributed by atoms with Gasteiger partial charge in [-0.25, -0.2) is 0 Å². The number of allylic oxidation sites excluding steroid dienone is 1. The molecule has 2 N–H and O–H groups in total. The zero-order chi connectivity index (χ0) is 14.5. The predicted octanol–water partition coefficient (Wildman–Crippen LogP) is 3.66. The van der Waals surface area contributed by atoms with Gasteiger partial charge in [0.05, 0.1) is 16.7 Å². The van der Waals surface area contributed by atoms with Crippen LogP contribution in [0.25, 0.3) is 0 Å². The average molecular weight is 303 g/mol. The molecule has 1 atom stereocenters. The van der Waals surface area contributed by atoms with Crippen molar-refractivity contribution < 1.29 is 15.0 Å². The van der Waals surface area contributed by atoms with Crippen LogP contribution in [0.3, 0.4) is 0 Å². The summed E-state index contributed by atoms with van der Waals surface area (Å²) in [6.45, 7) is 3.49. The molecule has 0 saturated carbocycles. The van der Waals surface area contributed by atoms with Gasteiger partial charge in [0.15, 0.2) is 0 Å². The quantitative estimate of drug-likeness (QED) is 0.756. The molecule has 19 heavy (non-hydrogen) atoms. The van der Waals surface area contributed by atoms with Gasteiger partial charge in [-0.1, -0.05) is 35.3 Å². The molecule has 3 nitrogen and oxygen atoms in total. The zero-order valence-corrected chi connectivity index (χ0v) is 11.9. The lowest BCUT2D eigenvalue weighted by Crippen LogP contribution is -2.31. The number of hydrogen-bond acceptors (Lipinski definition) is 2. The SMILES string of the molecule is C=CC[C@@](CO)(CCC(=O)O)c1ccc(Cl)c(Cl)c1. The number of benzene rings is 1. The minimum absolute atomic E-state index is 0.0331. The second kappa shape index (κ2) is 6.94. The van der Waals surface area contributed by atoms with Crippen LogP contribution in [0.15, 0.2) is 30.9 Å². The minimum Gasteiger partial charge on any atom is -0.481 e. The van der Waals surface area contributed by atoms with E-state index in [4.69, 9.17) is 28.3 Å². The highest BCUT2D eigenvalue weighted by atomic mass is 35.5. The van der Waals surface area contributed by atoms with Gasteiger partial charge in [0, 0.05) is 11.8 Å². The maximum Gasteiger partial charge on any atom is 0.303 e. The predicted molar refractivity (Wildman–Crippen MR) is 76.9 cm³/mol. The highest BCUT2D eigenvalue weighted by Crippen LogP contribution is 2.36. The lowest BCUT2D eigenvalue weighted by atomic mass is 9.74. The summed E-state index contributed by atoms with van der Waals surface area (Å²) in [5.41, 5.74) is 0.0829. The van der Waals surface area contributed by atoms with E-state index in [1.807, 2.05) is 0 Å². The van der Waals surface area contributed by atoms with Gasteiger partial charge in [0.1, 0.15) is 0 Å². The number of carboxylic acids is 1. The number of rotatable bonds is 7. The molecule has 0 aliphatic heterocycles. The molecule has 0 unspecified atom stereocenters. The van der Waals surface area contributed by atoms with Crippen molar-refractivity contribution in [3.8, 4) is 0 Å². The van der Waals surface area contributed by atoms with E-state index in [0.29, 0.717) is 22.9 Å². The van der Waals surface area contributed by atoms with Gasteiger partial charge in [0.2, 0.25) is 0 Å². The van der Waals surface area contributed by atoms with Crippen LogP contribution in [0.2, 0.25) is 10.0 Å². The van der Waals surface area contributed by atoms with Gasteiger partial charge in [0.25, 0.3) is 0 Å². The number of carbonyl (C=O) groups is 1. The third-order valence-electron chi connectivity index (χ3n) is 3.19. The number of aliphatic carboxylic acids is 1. The summed E-state index contributed by atoms with van der Waals surface area (Å²) in [6, 6.07) is 5.08. The van der Waals surface area contributed by atoms with Crippen LogP contribution in [0.4, 0.5) is 0 Å². The Bertz CT molecular complexity index is 474. The molecule has 104 valence electrons. The van der Waals surface area contributed by atoms with Crippen LogP contribution in [0, 0.1) is 0 Å². The van der Waals surface area contributed by atoms with Crippen LogP contribution >= 0.6 is 23.2 Å². The van der Waals surface area contributed by atoms with E-state index < -0.39 is 11.4 Å². The van der Waals surface area contributed by atoms with Crippen LogP contribution in [0.1, 0.15) is 24.8 Å². The van der Waals surface area contributed by atoms with Crippen LogP contribution < -0.4 is 0 Å². The molecule has 0 bridgehead atoms. The number of halogens is 2. The lowest BCUT2D eigenvalue weighted by molar-refractivity contribution is -0.137. The molecule has 0 aliphatic rings. The fourth-order valence-corrected chi connectivity index (χ4v) is 2.35. The van der Waals surface area contributed by atoms with Crippen molar-refractivity contribution in [3.63, 3.8) is 0 Å². The Morgan fingerprint density at radius 1 is 1.37 bits per heavy atom. The highest BCUT2D eigenvalue weighted by molar-refractivity contribution is 6.42. The van der Waals surface area contributed by atoms with Crippen LogP contribution in [-0.4, -0.2) is 22.8 Å². The summed E-state index contributed by atoms with van der Waals surface area (Å²) in [5.74, 6) is -0.901. The van der Waals surface area contributed by atoms with E-state index in [-0.39, 0.29) is 13.0 Å². The minimum atomic E-state index is -0.901. The average Bonchev–Trinajstić information content (AvgIpc) is 2.38. The van der Waals surface area contributed by atoms with Crippen molar-refractivity contribution in [1.82, 2.24) is 0 Å². The summed E-state index contributed by atoms with van der Waals surface area (Å²) in [6.07, 6.45) is 2.41. The van der Waals surface area contributed by atoms with Gasteiger partial charge in [-0.15, -0.1) is 6.58 Å². The maximum atomic E-state index is 10.8. The summed E-state index contributed by atoms with van der Waals surface area (Å²) >= 11 is 11.9. The first-order valence-electron chi connectivity index (χ1n) is 5.84. The number of aliphatic hydroxyl groups excluding tert-OH is 1. The number of aliphatic hydroxyl groups is 1. The third-order valence-corrected chi connectivity index (χ3v) is 3.93.